The highest BCUT2D eigenvalue weighted by Crippen LogP contribution is 2.42. The summed E-state index contributed by atoms with van der Waals surface area (Å²) < 4.78 is 2.07. The first kappa shape index (κ1) is 26.9. The molecular weight excluding hydrogens is 528 g/mol. The monoisotopic (exact) mass is 554 g/mol. The second-order valence-electron chi connectivity index (χ2n) is 9.75. The first-order valence-electron chi connectivity index (χ1n) is 12.8. The Bertz CT molecular complexity index is 1610. The van der Waals surface area contributed by atoms with Gasteiger partial charge in [0.1, 0.15) is 12.6 Å². The Balaban J connectivity index is 1.47. The molecule has 1 aromatic heterocycles. The average molecular weight is 555 g/mol. The van der Waals surface area contributed by atoms with Gasteiger partial charge in [0.05, 0.1) is 22.0 Å². The van der Waals surface area contributed by atoms with Crippen LogP contribution in [0.3, 0.4) is 0 Å². The number of carbonyl (C=O) groups is 2. The Morgan fingerprint density at radius 1 is 1.00 bits per heavy atom. The van der Waals surface area contributed by atoms with Crippen molar-refractivity contribution in [3.8, 4) is 5.69 Å². The van der Waals surface area contributed by atoms with Gasteiger partial charge >= 0.3 is 0 Å². The molecule has 0 saturated heterocycles. The zero-order chi connectivity index (χ0) is 28.4. The Morgan fingerprint density at radius 3 is 2.40 bits per heavy atom. The number of carbonyl (C=O) groups excluding carboxylic acids is 2. The molecule has 0 radical (unpaired) electrons. The van der Waals surface area contributed by atoms with Crippen LogP contribution in [-0.4, -0.2) is 38.8 Å². The molecule has 1 atom stereocenters. The van der Waals surface area contributed by atoms with Crippen LogP contribution in [0.5, 0.6) is 0 Å². The van der Waals surface area contributed by atoms with Crippen molar-refractivity contribution in [3.63, 3.8) is 0 Å². The number of nitro benzene ring substituents is 1. The summed E-state index contributed by atoms with van der Waals surface area (Å²) in [5.74, 6) is -0.578. The van der Waals surface area contributed by atoms with Crippen molar-refractivity contribution in [1.29, 1.82) is 0 Å². The second-order valence-corrected chi connectivity index (χ2v) is 10.2. The summed E-state index contributed by atoms with van der Waals surface area (Å²) in [7, 11) is 0. The lowest BCUT2D eigenvalue weighted by molar-refractivity contribution is -0.384. The maximum atomic E-state index is 14.2. The third-order valence-electron chi connectivity index (χ3n) is 6.89. The van der Waals surface area contributed by atoms with Crippen LogP contribution < -0.4 is 4.90 Å². The van der Waals surface area contributed by atoms with Gasteiger partial charge in [-0.2, -0.15) is 0 Å². The van der Waals surface area contributed by atoms with Crippen molar-refractivity contribution >= 4 is 40.9 Å². The maximum absolute atomic E-state index is 14.2. The van der Waals surface area contributed by atoms with E-state index in [-0.39, 0.29) is 30.1 Å². The van der Waals surface area contributed by atoms with Gasteiger partial charge in [-0.3, -0.25) is 24.6 Å². The van der Waals surface area contributed by atoms with E-state index in [1.807, 2.05) is 74.6 Å². The Morgan fingerprint density at radius 2 is 1.73 bits per heavy atom. The van der Waals surface area contributed by atoms with Gasteiger partial charge in [0.25, 0.3) is 5.69 Å². The quantitative estimate of drug-likeness (QED) is 0.150. The molecule has 5 rings (SSSR count). The molecule has 0 fully saturated rings. The molecule has 0 aliphatic carbocycles. The van der Waals surface area contributed by atoms with Gasteiger partial charge in [0, 0.05) is 35.5 Å². The van der Waals surface area contributed by atoms with E-state index in [2.05, 4.69) is 4.57 Å². The molecule has 3 aromatic carbocycles. The zero-order valence-corrected chi connectivity index (χ0v) is 22.7. The van der Waals surface area contributed by atoms with Gasteiger partial charge in [0.15, 0.2) is 0 Å². The van der Waals surface area contributed by atoms with Crippen molar-refractivity contribution < 1.29 is 14.5 Å². The van der Waals surface area contributed by atoms with Crippen molar-refractivity contribution in [2.45, 2.75) is 25.9 Å². The number of hydrogen-bond donors (Lipinski definition) is 0. The molecule has 1 unspecified atom stereocenters. The van der Waals surface area contributed by atoms with Crippen LogP contribution >= 0.6 is 11.6 Å². The van der Waals surface area contributed by atoms with Gasteiger partial charge in [-0.1, -0.05) is 35.9 Å². The van der Waals surface area contributed by atoms with Crippen LogP contribution in [0.4, 0.5) is 11.4 Å². The SMILES string of the molecule is CC(C)N(CC(=O)N1c2ccccc2-n2cccc2C1c1cccc(Cl)c1)C(=O)/C=C/c1ccc([N+](=O)[O-])cc1. The van der Waals surface area contributed by atoms with Crippen LogP contribution in [0, 0.1) is 10.1 Å². The molecule has 0 spiro atoms. The molecule has 2 heterocycles. The largest absolute Gasteiger partial charge is 0.327 e. The standard InChI is InChI=1S/C31H27ClN4O4/c1-21(2)34(29(37)17-14-22-12-15-25(16-13-22)36(39)40)20-30(38)35-27-10-4-3-9-26(27)33-18-6-11-28(33)31(35)23-7-5-8-24(32)19-23/h3-19,21,31H,20H2,1-2H3/b17-14+. The summed E-state index contributed by atoms with van der Waals surface area (Å²) in [5, 5.41) is 11.5. The van der Waals surface area contributed by atoms with Crippen LogP contribution in [0.2, 0.25) is 5.02 Å². The number of hydrogen-bond acceptors (Lipinski definition) is 4. The molecular formula is C31H27ClN4O4. The van der Waals surface area contributed by atoms with Gasteiger partial charge in [-0.15, -0.1) is 0 Å². The van der Waals surface area contributed by atoms with E-state index < -0.39 is 11.0 Å². The van der Waals surface area contributed by atoms with Crippen molar-refractivity contribution in [2.24, 2.45) is 0 Å². The van der Waals surface area contributed by atoms with Gasteiger partial charge in [-0.25, -0.2) is 0 Å². The maximum Gasteiger partial charge on any atom is 0.269 e. The fraction of sp³-hybridized carbons (Fsp3) is 0.161. The number of anilines is 1. The predicted molar refractivity (Wildman–Crippen MR) is 156 cm³/mol. The molecule has 4 aromatic rings. The predicted octanol–water partition coefficient (Wildman–Crippen LogP) is 6.43. The number of non-ortho nitro benzene ring substituents is 1. The summed E-state index contributed by atoms with van der Waals surface area (Å²) in [5.41, 5.74) is 3.99. The minimum absolute atomic E-state index is 0.0277. The molecule has 1 aliphatic heterocycles. The average Bonchev–Trinajstić information content (AvgIpc) is 3.44. The summed E-state index contributed by atoms with van der Waals surface area (Å²) in [4.78, 5) is 41.1. The molecule has 0 saturated carbocycles. The fourth-order valence-corrected chi connectivity index (χ4v) is 5.16. The Kier molecular flexibility index (Phi) is 7.53. The van der Waals surface area contributed by atoms with Crippen molar-refractivity contribution in [3.05, 3.63) is 129 Å². The topological polar surface area (TPSA) is 88.7 Å². The fourth-order valence-electron chi connectivity index (χ4n) is 4.96. The number of rotatable bonds is 7. The summed E-state index contributed by atoms with van der Waals surface area (Å²) >= 11 is 6.37. The van der Waals surface area contributed by atoms with E-state index in [1.54, 1.807) is 29.2 Å². The van der Waals surface area contributed by atoms with Crippen molar-refractivity contribution in [2.75, 3.05) is 11.4 Å². The number of amides is 2. The first-order valence-corrected chi connectivity index (χ1v) is 13.2. The van der Waals surface area contributed by atoms with Crippen LogP contribution in [0.15, 0.2) is 97.2 Å². The lowest BCUT2D eigenvalue weighted by atomic mass is 9.97. The second kappa shape index (κ2) is 11.2. The third-order valence-corrected chi connectivity index (χ3v) is 7.12. The molecule has 9 heteroatoms. The number of nitrogens with zero attached hydrogens (tertiary/aromatic N) is 4. The Hall–Kier alpha value is -4.69. The molecule has 0 N–H and O–H groups in total. The minimum Gasteiger partial charge on any atom is -0.327 e. The van der Waals surface area contributed by atoms with Crippen LogP contribution in [0.25, 0.3) is 11.8 Å². The number of aromatic nitrogens is 1. The van der Waals surface area contributed by atoms with Crippen LogP contribution in [-0.2, 0) is 9.59 Å². The lowest BCUT2D eigenvalue weighted by Crippen LogP contribution is -2.48. The van der Waals surface area contributed by atoms with Crippen LogP contribution in [0.1, 0.15) is 36.7 Å². The van der Waals surface area contributed by atoms with E-state index in [1.165, 1.54) is 23.1 Å². The molecule has 1 aliphatic rings. The summed E-state index contributed by atoms with van der Waals surface area (Å²) in [6, 6.07) is 24.3. The number of halogens is 1. The van der Waals surface area contributed by atoms with E-state index >= 15 is 0 Å². The highest BCUT2D eigenvalue weighted by atomic mass is 35.5. The molecule has 0 bridgehead atoms. The molecule has 40 heavy (non-hydrogen) atoms. The van der Waals surface area contributed by atoms with Gasteiger partial charge in [-0.05, 0) is 79.6 Å². The minimum atomic E-state index is -0.475. The molecule has 2 amide bonds. The van der Waals surface area contributed by atoms with Gasteiger partial charge < -0.3 is 9.47 Å². The summed E-state index contributed by atoms with van der Waals surface area (Å²) in [6.07, 6.45) is 4.95. The normalized spacial score (nSPS) is 14.2. The third kappa shape index (κ3) is 5.26. The summed E-state index contributed by atoms with van der Waals surface area (Å²) in [6.45, 7) is 3.57. The number of nitro groups is 1. The van der Waals surface area contributed by atoms with E-state index in [9.17, 15) is 19.7 Å². The highest BCUT2D eigenvalue weighted by Gasteiger charge is 2.37. The van der Waals surface area contributed by atoms with E-state index in [4.69, 9.17) is 11.6 Å². The number of para-hydroxylation sites is 2. The van der Waals surface area contributed by atoms with Crippen molar-refractivity contribution in [1.82, 2.24) is 9.47 Å². The van der Waals surface area contributed by atoms with E-state index in [0.717, 1.165) is 22.6 Å². The molecule has 8 nitrogen and oxygen atoms in total. The van der Waals surface area contributed by atoms with Gasteiger partial charge in [0.2, 0.25) is 11.8 Å². The lowest BCUT2D eigenvalue weighted by Gasteiger charge is -2.40. The smallest absolute Gasteiger partial charge is 0.269 e. The van der Waals surface area contributed by atoms with E-state index in [0.29, 0.717) is 10.6 Å². The number of fused-ring (bicyclic) bond motifs is 3. The Labute approximate surface area is 236 Å². The first-order chi connectivity index (χ1) is 19.2. The molecule has 202 valence electrons. The number of benzene rings is 3. The highest BCUT2D eigenvalue weighted by molar-refractivity contribution is 6.30. The zero-order valence-electron chi connectivity index (χ0n) is 22.0.